The van der Waals surface area contributed by atoms with Gasteiger partial charge in [0.1, 0.15) is 10.0 Å². The Morgan fingerprint density at radius 3 is 2.81 bits per heavy atom. The zero-order valence-corrected chi connectivity index (χ0v) is 15.4. The van der Waals surface area contributed by atoms with Gasteiger partial charge in [0.2, 0.25) is 5.60 Å². The first-order valence-electron chi connectivity index (χ1n) is 8.50. The van der Waals surface area contributed by atoms with Crippen LogP contribution in [0.25, 0.3) is 10.6 Å². The molecule has 1 aromatic heterocycles. The Kier molecular flexibility index (Phi) is 3.94. The number of anilines is 1. The number of hydrogen-bond donors (Lipinski definition) is 3. The number of carbonyl (C=O) groups excluding carboxylic acids is 2. The summed E-state index contributed by atoms with van der Waals surface area (Å²) in [4.78, 5) is 29.5. The van der Waals surface area contributed by atoms with E-state index in [9.17, 15) is 14.7 Å². The highest BCUT2D eigenvalue weighted by molar-refractivity contribution is 7.19. The van der Waals surface area contributed by atoms with Gasteiger partial charge in [0.25, 0.3) is 11.8 Å². The van der Waals surface area contributed by atoms with Crippen molar-refractivity contribution in [2.24, 2.45) is 11.7 Å². The van der Waals surface area contributed by atoms with Gasteiger partial charge in [0.15, 0.2) is 5.69 Å². The highest BCUT2D eigenvalue weighted by atomic mass is 32.1. The zero-order chi connectivity index (χ0) is 19.3. The molecule has 1 saturated heterocycles. The smallest absolute Gasteiger partial charge is 0.270 e. The van der Waals surface area contributed by atoms with E-state index < -0.39 is 11.5 Å². The van der Waals surface area contributed by atoms with Gasteiger partial charge in [-0.15, -0.1) is 0 Å². The van der Waals surface area contributed by atoms with E-state index in [2.05, 4.69) is 16.8 Å². The van der Waals surface area contributed by atoms with Crippen LogP contribution in [0.1, 0.15) is 28.9 Å². The van der Waals surface area contributed by atoms with Crippen molar-refractivity contribution in [2.45, 2.75) is 24.5 Å². The third-order valence-electron chi connectivity index (χ3n) is 5.31. The van der Waals surface area contributed by atoms with Crippen LogP contribution in [0, 0.1) is 17.8 Å². The van der Waals surface area contributed by atoms with E-state index in [4.69, 9.17) is 11.5 Å². The monoisotopic (exact) mass is 382 g/mol. The Labute approximate surface area is 160 Å². The average Bonchev–Trinajstić information content (AvgIpc) is 3.05. The Hall–Kier alpha value is -2.89. The lowest BCUT2D eigenvalue weighted by molar-refractivity contribution is -0.138. The second-order valence-electron chi connectivity index (χ2n) is 6.86. The van der Waals surface area contributed by atoms with Gasteiger partial charge in [0.05, 0.1) is 0 Å². The Balaban J connectivity index is 1.65. The van der Waals surface area contributed by atoms with Crippen LogP contribution < -0.4 is 11.5 Å². The molecule has 1 aliphatic carbocycles. The molecule has 2 fully saturated rings. The molecule has 4 rings (SSSR count). The molecule has 2 amide bonds. The molecule has 138 valence electrons. The van der Waals surface area contributed by atoms with E-state index in [0.717, 1.165) is 18.4 Å². The minimum Gasteiger partial charge on any atom is -0.389 e. The summed E-state index contributed by atoms with van der Waals surface area (Å²) in [6, 6.07) is 7.25. The standard InChI is InChI=1S/C19H18N4O3S/c1-23-13-6-5-12(13)19(26,18(23)25)8-7-10-3-2-4-11(9-10)17-22-14(15(20)24)16(21)27-17/h2-4,9,12-13,26H,5-6,21H2,1H3,(H2,20,24)/t12-,13+,19+/m1/s1. The molecule has 2 aliphatic rings. The number of thiazole rings is 1. The maximum Gasteiger partial charge on any atom is 0.270 e. The van der Waals surface area contributed by atoms with Crippen molar-refractivity contribution >= 4 is 28.2 Å². The second kappa shape index (κ2) is 6.08. The van der Waals surface area contributed by atoms with Gasteiger partial charge in [-0.25, -0.2) is 4.98 Å². The quantitative estimate of drug-likeness (QED) is 0.664. The molecule has 7 nitrogen and oxygen atoms in total. The molecule has 5 N–H and O–H groups in total. The fourth-order valence-corrected chi connectivity index (χ4v) is 4.52. The third kappa shape index (κ3) is 2.67. The minimum atomic E-state index is -1.63. The summed E-state index contributed by atoms with van der Waals surface area (Å²) < 4.78 is 0. The fraction of sp³-hybridized carbons (Fsp3) is 0.316. The number of amides is 2. The number of nitrogen functional groups attached to an aromatic ring is 1. The predicted molar refractivity (Wildman–Crippen MR) is 102 cm³/mol. The molecule has 0 spiro atoms. The molecule has 2 heterocycles. The van der Waals surface area contributed by atoms with Crippen molar-refractivity contribution in [3.63, 3.8) is 0 Å². The predicted octanol–water partition coefficient (Wildman–Crippen LogP) is 0.824. The number of primary amides is 1. The summed E-state index contributed by atoms with van der Waals surface area (Å²) >= 11 is 1.17. The Morgan fingerprint density at radius 1 is 1.44 bits per heavy atom. The summed E-state index contributed by atoms with van der Waals surface area (Å²) in [5.74, 6) is 4.58. The largest absolute Gasteiger partial charge is 0.389 e. The number of fused-ring (bicyclic) bond motifs is 1. The van der Waals surface area contributed by atoms with Gasteiger partial charge in [-0.1, -0.05) is 35.3 Å². The summed E-state index contributed by atoms with van der Waals surface area (Å²) in [6.45, 7) is 0. The van der Waals surface area contributed by atoms with Crippen LogP contribution in [0.4, 0.5) is 5.00 Å². The number of aliphatic hydroxyl groups is 1. The van der Waals surface area contributed by atoms with E-state index >= 15 is 0 Å². The van der Waals surface area contributed by atoms with Gasteiger partial charge in [-0.2, -0.15) is 0 Å². The number of carbonyl (C=O) groups is 2. The number of aromatic nitrogens is 1. The molecule has 1 aromatic carbocycles. The Morgan fingerprint density at radius 2 is 2.22 bits per heavy atom. The van der Waals surface area contributed by atoms with Gasteiger partial charge in [-0.05, 0) is 25.0 Å². The van der Waals surface area contributed by atoms with Crippen LogP contribution in [-0.2, 0) is 4.79 Å². The van der Waals surface area contributed by atoms with Crippen molar-refractivity contribution in [3.05, 3.63) is 35.5 Å². The Bertz CT molecular complexity index is 1020. The van der Waals surface area contributed by atoms with Crippen LogP contribution in [0.3, 0.4) is 0 Å². The molecule has 3 atom stereocenters. The van der Waals surface area contributed by atoms with Crippen LogP contribution >= 0.6 is 11.3 Å². The first-order valence-corrected chi connectivity index (χ1v) is 9.32. The average molecular weight is 382 g/mol. The minimum absolute atomic E-state index is 0.0522. The number of likely N-dealkylation sites (tertiary alicyclic amines) is 1. The van der Waals surface area contributed by atoms with Crippen LogP contribution in [0.2, 0.25) is 0 Å². The van der Waals surface area contributed by atoms with Crippen LogP contribution in [0.15, 0.2) is 24.3 Å². The lowest BCUT2D eigenvalue weighted by atomic mass is 9.72. The fourth-order valence-electron chi connectivity index (χ4n) is 3.69. The van der Waals surface area contributed by atoms with Crippen LogP contribution in [-0.4, -0.2) is 45.5 Å². The van der Waals surface area contributed by atoms with Gasteiger partial charge < -0.3 is 21.5 Å². The van der Waals surface area contributed by atoms with Gasteiger partial charge in [-0.3, -0.25) is 9.59 Å². The third-order valence-corrected chi connectivity index (χ3v) is 6.25. The first-order chi connectivity index (χ1) is 12.8. The molecule has 2 aromatic rings. The molecule has 0 unspecified atom stereocenters. The summed E-state index contributed by atoms with van der Waals surface area (Å²) in [5.41, 5.74) is 10.8. The highest BCUT2D eigenvalue weighted by Gasteiger charge is 2.60. The maximum absolute atomic E-state index is 12.4. The molecule has 27 heavy (non-hydrogen) atoms. The lowest BCUT2D eigenvalue weighted by Gasteiger charge is -2.35. The lowest BCUT2D eigenvalue weighted by Crippen LogP contribution is -2.44. The van der Waals surface area contributed by atoms with Crippen molar-refractivity contribution in [1.29, 1.82) is 0 Å². The molecule has 1 aliphatic heterocycles. The number of likely N-dealkylation sites (N-methyl/N-ethyl adjacent to an activating group) is 1. The topological polar surface area (TPSA) is 123 Å². The SMILES string of the molecule is CN1C(=O)[C@](O)(C#Cc2cccc(-c3nc(C(N)=O)c(N)s3)c2)[C@@H]2CC[C@@H]21. The van der Waals surface area contributed by atoms with Crippen LogP contribution in [0.5, 0.6) is 0 Å². The normalized spacial score (nSPS) is 26.1. The number of nitrogens with two attached hydrogens (primary N) is 2. The molecule has 0 radical (unpaired) electrons. The molecular formula is C19H18N4O3S. The van der Waals surface area contributed by atoms with Crippen molar-refractivity contribution < 1.29 is 14.7 Å². The molecule has 0 bridgehead atoms. The zero-order valence-electron chi connectivity index (χ0n) is 14.6. The summed E-state index contributed by atoms with van der Waals surface area (Å²) in [5, 5.41) is 11.6. The van der Waals surface area contributed by atoms with Crippen molar-refractivity contribution in [2.75, 3.05) is 12.8 Å². The van der Waals surface area contributed by atoms with Crippen molar-refractivity contribution in [1.82, 2.24) is 9.88 Å². The van der Waals surface area contributed by atoms with E-state index in [0.29, 0.717) is 10.6 Å². The highest BCUT2D eigenvalue weighted by Crippen LogP contribution is 2.46. The van der Waals surface area contributed by atoms with Gasteiger partial charge >= 0.3 is 0 Å². The molecule has 8 heteroatoms. The summed E-state index contributed by atoms with van der Waals surface area (Å²) in [7, 11) is 1.71. The summed E-state index contributed by atoms with van der Waals surface area (Å²) in [6.07, 6.45) is 1.69. The molecule has 1 saturated carbocycles. The van der Waals surface area contributed by atoms with E-state index in [1.54, 1.807) is 30.1 Å². The van der Waals surface area contributed by atoms with E-state index in [1.165, 1.54) is 11.3 Å². The number of benzene rings is 1. The number of rotatable bonds is 2. The second-order valence-corrected chi connectivity index (χ2v) is 7.89. The van der Waals surface area contributed by atoms with E-state index in [-0.39, 0.29) is 28.6 Å². The number of nitrogens with zero attached hydrogens (tertiary/aromatic N) is 2. The first kappa shape index (κ1) is 17.5. The maximum atomic E-state index is 12.4. The molecular weight excluding hydrogens is 364 g/mol. The van der Waals surface area contributed by atoms with Crippen molar-refractivity contribution in [3.8, 4) is 22.4 Å². The van der Waals surface area contributed by atoms with E-state index in [1.807, 2.05) is 6.07 Å². The van der Waals surface area contributed by atoms with Gasteiger partial charge in [0, 0.05) is 30.1 Å². The number of hydrogen-bond acceptors (Lipinski definition) is 6.